The van der Waals surface area contributed by atoms with Crippen LogP contribution in [0.5, 0.6) is 0 Å². The second kappa shape index (κ2) is 6.96. The molecule has 2 aromatic carbocycles. The van der Waals surface area contributed by atoms with E-state index in [1.165, 1.54) is 22.9 Å². The van der Waals surface area contributed by atoms with Crippen LogP contribution in [0.15, 0.2) is 55.9 Å². The summed E-state index contributed by atoms with van der Waals surface area (Å²) in [5.41, 5.74) is -2.75. The van der Waals surface area contributed by atoms with Crippen LogP contribution in [0, 0.1) is 5.82 Å². The summed E-state index contributed by atoms with van der Waals surface area (Å²) in [5, 5.41) is 9.00. The van der Waals surface area contributed by atoms with Gasteiger partial charge in [-0.25, -0.2) is 22.0 Å². The van der Waals surface area contributed by atoms with Gasteiger partial charge in [0.05, 0.1) is 37.8 Å². The molecule has 12 heteroatoms. The first kappa shape index (κ1) is 20.1. The van der Waals surface area contributed by atoms with E-state index in [0.29, 0.717) is 0 Å². The summed E-state index contributed by atoms with van der Waals surface area (Å²) in [4.78, 5) is 25.1. The Labute approximate surface area is 171 Å². The van der Waals surface area contributed by atoms with Crippen LogP contribution in [0.4, 0.5) is 8.78 Å². The van der Waals surface area contributed by atoms with E-state index >= 15 is 0 Å². The minimum Gasteiger partial charge on any atom is -0.421 e. The Balaban J connectivity index is 2.05. The number of hydrogen-bond donors (Lipinski definition) is 2. The van der Waals surface area contributed by atoms with Gasteiger partial charge in [-0.3, -0.25) is 4.79 Å². The fraction of sp³-hybridized carbons (Fsp3) is 0.111. The van der Waals surface area contributed by atoms with Crippen LogP contribution in [0.1, 0.15) is 0 Å². The minimum atomic E-state index is -4.46. The Morgan fingerprint density at radius 1 is 1.17 bits per heavy atom. The third-order valence-electron chi connectivity index (χ3n) is 4.68. The number of aromatic nitrogens is 3. The van der Waals surface area contributed by atoms with Gasteiger partial charge in [-0.05, 0) is 30.3 Å². The van der Waals surface area contributed by atoms with E-state index in [4.69, 9.17) is 11.6 Å². The van der Waals surface area contributed by atoms with E-state index in [9.17, 15) is 32.0 Å². The summed E-state index contributed by atoms with van der Waals surface area (Å²) in [6.07, 6.45) is 1.43. The molecule has 0 aliphatic carbocycles. The summed E-state index contributed by atoms with van der Waals surface area (Å²) in [6.45, 7) is -0.835. The van der Waals surface area contributed by atoms with Crippen LogP contribution in [0.2, 0.25) is 5.02 Å². The summed E-state index contributed by atoms with van der Waals surface area (Å²) >= 11 is 5.96. The van der Waals surface area contributed by atoms with Gasteiger partial charge in [0, 0.05) is 11.6 Å². The topological polar surface area (TPSA) is 114 Å². The number of aryl methyl sites for hydroxylation is 1. The van der Waals surface area contributed by atoms with Gasteiger partial charge < -0.3 is 14.8 Å². The number of H-pyrrole nitrogens is 1. The molecule has 0 spiro atoms. The molecule has 4 rings (SSSR count). The quantitative estimate of drug-likeness (QED) is 0.459. The minimum absolute atomic E-state index is 0.0975. The largest absolute Gasteiger partial charge is 0.421 e. The third-order valence-corrected chi connectivity index (χ3v) is 6.77. The van der Waals surface area contributed by atoms with E-state index in [2.05, 4.69) is 4.98 Å². The van der Waals surface area contributed by atoms with Crippen molar-refractivity contribution in [2.45, 2.75) is 16.3 Å². The van der Waals surface area contributed by atoms with Crippen LogP contribution in [-0.2, 0) is 16.4 Å². The number of benzene rings is 2. The maximum Gasteiger partial charge on any atom is 0.362 e. The smallest absolute Gasteiger partial charge is 0.362 e. The molecule has 2 aromatic heterocycles. The predicted octanol–water partition coefficient (Wildman–Crippen LogP) is 2.48. The number of alkyl halides is 1. The normalized spacial score (nSPS) is 12.1. The van der Waals surface area contributed by atoms with Gasteiger partial charge in [-0.2, -0.15) is 0 Å². The molecule has 0 aliphatic rings. The van der Waals surface area contributed by atoms with Crippen molar-refractivity contribution in [3.63, 3.8) is 0 Å². The average molecular weight is 456 g/mol. The molecule has 0 radical (unpaired) electrons. The van der Waals surface area contributed by atoms with Crippen LogP contribution in [-0.4, -0.2) is 34.6 Å². The SMILES string of the molecule is O=c1[nH]c2c(S(=O)(=O)c3cc(F)c4ccn(CCF)c4c3)ccc(Cl)c2c(=O)n1O. The highest BCUT2D eigenvalue weighted by Gasteiger charge is 2.26. The second-order valence-corrected chi connectivity index (χ2v) is 8.71. The fourth-order valence-electron chi connectivity index (χ4n) is 3.27. The highest BCUT2D eigenvalue weighted by Crippen LogP contribution is 2.32. The highest BCUT2D eigenvalue weighted by atomic mass is 35.5. The molecule has 0 saturated carbocycles. The Bertz CT molecular complexity index is 1560. The van der Waals surface area contributed by atoms with Crippen LogP contribution in [0.3, 0.4) is 0 Å². The molecule has 2 heterocycles. The molecule has 2 N–H and O–H groups in total. The first-order valence-corrected chi connectivity index (χ1v) is 10.3. The van der Waals surface area contributed by atoms with Gasteiger partial charge in [0.2, 0.25) is 9.84 Å². The summed E-state index contributed by atoms with van der Waals surface area (Å²) < 4.78 is 55.0. The van der Waals surface area contributed by atoms with Crippen LogP contribution < -0.4 is 11.2 Å². The maximum absolute atomic E-state index is 14.6. The highest BCUT2D eigenvalue weighted by molar-refractivity contribution is 7.91. The van der Waals surface area contributed by atoms with E-state index in [1.54, 1.807) is 0 Å². The first-order valence-electron chi connectivity index (χ1n) is 8.43. The number of hydrogen-bond acceptors (Lipinski definition) is 5. The van der Waals surface area contributed by atoms with E-state index in [-0.39, 0.29) is 27.2 Å². The van der Waals surface area contributed by atoms with E-state index < -0.39 is 54.3 Å². The van der Waals surface area contributed by atoms with Crippen LogP contribution in [0.25, 0.3) is 21.8 Å². The van der Waals surface area contributed by atoms with Crippen molar-refractivity contribution in [2.75, 3.05) is 6.67 Å². The number of aromatic amines is 1. The van der Waals surface area contributed by atoms with Crippen molar-refractivity contribution in [2.24, 2.45) is 0 Å². The van der Waals surface area contributed by atoms with Crippen LogP contribution >= 0.6 is 11.6 Å². The van der Waals surface area contributed by atoms with Gasteiger partial charge in [0.15, 0.2) is 0 Å². The van der Waals surface area contributed by atoms with Crippen molar-refractivity contribution in [3.05, 3.63) is 68.2 Å². The van der Waals surface area contributed by atoms with E-state index in [0.717, 1.165) is 18.2 Å². The first-order chi connectivity index (χ1) is 14.2. The van der Waals surface area contributed by atoms with Gasteiger partial charge in [0.1, 0.15) is 12.5 Å². The van der Waals surface area contributed by atoms with Crippen molar-refractivity contribution in [3.8, 4) is 0 Å². The molecule has 0 bridgehead atoms. The lowest BCUT2D eigenvalue weighted by molar-refractivity contribution is 0.162. The Morgan fingerprint density at radius 2 is 1.90 bits per heavy atom. The number of nitrogens with one attached hydrogen (secondary N) is 1. The number of sulfone groups is 1. The Morgan fingerprint density at radius 3 is 2.60 bits per heavy atom. The average Bonchev–Trinajstić information content (AvgIpc) is 3.10. The molecule has 30 heavy (non-hydrogen) atoms. The fourth-order valence-corrected chi connectivity index (χ4v) is 4.95. The number of rotatable bonds is 4. The predicted molar refractivity (Wildman–Crippen MR) is 104 cm³/mol. The van der Waals surface area contributed by atoms with Gasteiger partial charge in [-0.1, -0.05) is 16.3 Å². The van der Waals surface area contributed by atoms with E-state index in [1.807, 2.05) is 0 Å². The number of halogens is 3. The number of nitrogens with zero attached hydrogens (tertiary/aromatic N) is 2. The second-order valence-electron chi connectivity index (χ2n) is 6.38. The molecule has 4 aromatic rings. The summed E-state index contributed by atoms with van der Waals surface area (Å²) in [6, 6.07) is 5.53. The molecule has 0 amide bonds. The summed E-state index contributed by atoms with van der Waals surface area (Å²) in [5.74, 6) is -0.840. The number of fused-ring (bicyclic) bond motifs is 2. The third kappa shape index (κ3) is 2.89. The molecule has 0 fully saturated rings. The Hall–Kier alpha value is -3.18. The molecule has 156 valence electrons. The molecule has 8 nitrogen and oxygen atoms in total. The molecule has 0 atom stereocenters. The van der Waals surface area contributed by atoms with Crippen molar-refractivity contribution < 1.29 is 22.4 Å². The molecule has 0 saturated heterocycles. The maximum atomic E-state index is 14.6. The zero-order chi connectivity index (χ0) is 21.8. The Kier molecular flexibility index (Phi) is 4.66. The molecular weight excluding hydrogens is 444 g/mol. The standard InChI is InChI=1S/C18H12ClF2N3O5S/c19-11-1-2-14(16-15(11)17(25)24(27)18(26)22-16)30(28,29)9-7-12(21)10-3-5-23(6-4-20)13(10)8-9/h1-3,5,7-8,27H,4,6H2,(H,22,26). The molecular formula is C18H12ClF2N3O5S. The van der Waals surface area contributed by atoms with Gasteiger partial charge in [-0.15, -0.1) is 0 Å². The molecule has 0 aliphatic heterocycles. The van der Waals surface area contributed by atoms with Crippen molar-refractivity contribution in [1.82, 2.24) is 14.3 Å². The zero-order valence-electron chi connectivity index (χ0n) is 14.9. The zero-order valence-corrected chi connectivity index (χ0v) is 16.5. The van der Waals surface area contributed by atoms with Crippen molar-refractivity contribution in [1.29, 1.82) is 0 Å². The lowest BCUT2D eigenvalue weighted by Crippen LogP contribution is -2.33. The lowest BCUT2D eigenvalue weighted by atomic mass is 10.2. The van der Waals surface area contributed by atoms with Gasteiger partial charge in [0.25, 0.3) is 5.56 Å². The monoisotopic (exact) mass is 455 g/mol. The van der Waals surface area contributed by atoms with Crippen molar-refractivity contribution >= 4 is 43.2 Å². The van der Waals surface area contributed by atoms with Gasteiger partial charge >= 0.3 is 5.69 Å². The molecule has 0 unspecified atom stereocenters. The lowest BCUT2D eigenvalue weighted by Gasteiger charge is -2.11. The summed E-state index contributed by atoms with van der Waals surface area (Å²) in [7, 11) is -4.46.